The fourth-order valence-corrected chi connectivity index (χ4v) is 7.47. The highest BCUT2D eigenvalue weighted by Crippen LogP contribution is 2.28. The van der Waals surface area contributed by atoms with Gasteiger partial charge in [-0.25, -0.2) is 0 Å². The van der Waals surface area contributed by atoms with Crippen LogP contribution in [0.2, 0.25) is 0 Å². The van der Waals surface area contributed by atoms with E-state index in [0.717, 1.165) is 47.5 Å². The normalized spacial score (nSPS) is 16.9. The summed E-state index contributed by atoms with van der Waals surface area (Å²) >= 11 is 0. The van der Waals surface area contributed by atoms with Crippen LogP contribution in [0.1, 0.15) is 83.8 Å². The monoisotopic (exact) mass is 702 g/mol. The van der Waals surface area contributed by atoms with E-state index < -0.39 is 34.1 Å². The molecule has 0 spiro atoms. The van der Waals surface area contributed by atoms with Gasteiger partial charge in [0.1, 0.15) is 0 Å². The topological polar surface area (TPSA) is 140 Å². The Balaban J connectivity index is 1.39. The van der Waals surface area contributed by atoms with E-state index in [2.05, 4.69) is 21.3 Å². The average molecular weight is 703 g/mol. The van der Waals surface area contributed by atoms with Gasteiger partial charge in [-0.1, -0.05) is 67.1 Å². The van der Waals surface area contributed by atoms with Gasteiger partial charge in [-0.2, -0.15) is 12.7 Å². The van der Waals surface area contributed by atoms with Crippen LogP contribution in [0, 0.1) is 5.92 Å². The Kier molecular flexibility index (Phi) is 12.7. The molecule has 3 atom stereocenters. The predicted molar refractivity (Wildman–Crippen MR) is 196 cm³/mol. The van der Waals surface area contributed by atoms with Gasteiger partial charge in [-0.05, 0) is 81.2 Å². The molecule has 0 aromatic heterocycles. The molecule has 268 valence electrons. The van der Waals surface area contributed by atoms with Gasteiger partial charge in [0.2, 0.25) is 5.91 Å². The average Bonchev–Trinajstić information content (AvgIpc) is 3.98. The molecule has 0 bridgehead atoms. The molecule has 1 saturated heterocycles. The lowest BCUT2D eigenvalue weighted by Crippen LogP contribution is -2.49. The van der Waals surface area contributed by atoms with Crippen molar-refractivity contribution in [1.82, 2.24) is 25.6 Å². The SMILES string of the molecule is C[C@H](NC[C@H](Cc1ccccc1)NC(=O)c1cc(C(=O)N[C@H](C)c2ccccc2)cc(N(C)S(=O)(=O)N2CCCCC2)c1)C(=O)NCC1CC1. The van der Waals surface area contributed by atoms with Crippen molar-refractivity contribution in [3.05, 3.63) is 101 Å². The first-order chi connectivity index (χ1) is 24.0. The van der Waals surface area contributed by atoms with E-state index in [4.69, 9.17) is 0 Å². The lowest BCUT2D eigenvalue weighted by molar-refractivity contribution is -0.122. The summed E-state index contributed by atoms with van der Waals surface area (Å²) in [6.45, 7) is 5.48. The molecule has 1 aliphatic carbocycles. The molecule has 50 heavy (non-hydrogen) atoms. The van der Waals surface area contributed by atoms with Crippen molar-refractivity contribution >= 4 is 33.6 Å². The van der Waals surface area contributed by atoms with E-state index in [1.165, 1.54) is 29.6 Å². The van der Waals surface area contributed by atoms with Gasteiger partial charge >= 0.3 is 10.2 Å². The lowest BCUT2D eigenvalue weighted by atomic mass is 10.0. The van der Waals surface area contributed by atoms with Crippen molar-refractivity contribution in [2.24, 2.45) is 5.92 Å². The van der Waals surface area contributed by atoms with Crippen LogP contribution in [-0.4, -0.2) is 75.8 Å². The largest absolute Gasteiger partial charge is 0.354 e. The van der Waals surface area contributed by atoms with Crippen molar-refractivity contribution in [3.8, 4) is 0 Å². The van der Waals surface area contributed by atoms with Crippen molar-refractivity contribution in [1.29, 1.82) is 0 Å². The van der Waals surface area contributed by atoms with Gasteiger partial charge in [0.15, 0.2) is 0 Å². The Morgan fingerprint density at radius 1 is 0.840 bits per heavy atom. The van der Waals surface area contributed by atoms with Gasteiger partial charge in [-0.15, -0.1) is 0 Å². The molecule has 0 radical (unpaired) electrons. The maximum absolute atomic E-state index is 14.0. The molecule has 1 aliphatic heterocycles. The van der Waals surface area contributed by atoms with Crippen molar-refractivity contribution in [2.45, 2.75) is 70.5 Å². The molecule has 3 aromatic rings. The molecule has 3 amide bonds. The number of rotatable bonds is 16. The summed E-state index contributed by atoms with van der Waals surface area (Å²) in [6.07, 6.45) is 5.29. The minimum atomic E-state index is -3.91. The summed E-state index contributed by atoms with van der Waals surface area (Å²) in [6, 6.07) is 22.5. The van der Waals surface area contributed by atoms with Gasteiger partial charge in [0.05, 0.1) is 17.8 Å². The molecule has 11 nitrogen and oxygen atoms in total. The van der Waals surface area contributed by atoms with Crippen molar-refractivity contribution in [3.63, 3.8) is 0 Å². The first kappa shape index (κ1) is 37.0. The summed E-state index contributed by atoms with van der Waals surface area (Å²) in [4.78, 5) is 40.4. The second-order valence-electron chi connectivity index (χ2n) is 13.5. The number of nitrogens with one attached hydrogen (secondary N) is 4. The third-order valence-electron chi connectivity index (χ3n) is 9.43. The summed E-state index contributed by atoms with van der Waals surface area (Å²) in [5, 5.41) is 12.3. The Hall–Kier alpha value is -4.26. The second-order valence-corrected chi connectivity index (χ2v) is 15.4. The quantitative estimate of drug-likeness (QED) is 0.177. The number of hydrogen-bond acceptors (Lipinski definition) is 6. The number of amides is 3. The van der Waals surface area contributed by atoms with E-state index in [1.807, 2.05) is 67.6 Å². The number of benzene rings is 3. The maximum Gasteiger partial charge on any atom is 0.303 e. The van der Waals surface area contributed by atoms with E-state index >= 15 is 0 Å². The highest BCUT2D eigenvalue weighted by Gasteiger charge is 2.30. The van der Waals surface area contributed by atoms with Crippen LogP contribution >= 0.6 is 0 Å². The van der Waals surface area contributed by atoms with E-state index in [1.54, 1.807) is 6.92 Å². The zero-order valence-corrected chi connectivity index (χ0v) is 30.0. The van der Waals surface area contributed by atoms with E-state index in [-0.39, 0.29) is 28.8 Å². The maximum atomic E-state index is 14.0. The zero-order valence-electron chi connectivity index (χ0n) is 29.2. The van der Waals surface area contributed by atoms with Gasteiger partial charge < -0.3 is 21.3 Å². The smallest absolute Gasteiger partial charge is 0.303 e. The van der Waals surface area contributed by atoms with Crippen LogP contribution in [-0.2, 0) is 21.4 Å². The summed E-state index contributed by atoms with van der Waals surface area (Å²) in [7, 11) is -2.46. The van der Waals surface area contributed by atoms with Gasteiger partial charge in [0.25, 0.3) is 11.8 Å². The molecule has 2 aliphatic rings. The number of nitrogens with zero attached hydrogens (tertiary/aromatic N) is 2. The van der Waals surface area contributed by atoms with E-state index in [0.29, 0.717) is 38.5 Å². The Bertz CT molecular complexity index is 1710. The fraction of sp³-hybridized carbons (Fsp3) is 0.447. The molecule has 12 heteroatoms. The molecular weight excluding hydrogens is 653 g/mol. The molecule has 4 N–H and O–H groups in total. The van der Waals surface area contributed by atoms with Crippen LogP contribution < -0.4 is 25.6 Å². The fourth-order valence-electron chi connectivity index (χ4n) is 6.04. The van der Waals surface area contributed by atoms with Gasteiger partial charge in [0, 0.05) is 50.4 Å². The summed E-state index contributed by atoms with van der Waals surface area (Å²) in [5.74, 6) is -0.425. The number of anilines is 1. The Labute approximate surface area is 296 Å². The molecule has 5 rings (SSSR count). The minimum absolute atomic E-state index is 0.0901. The molecule has 1 heterocycles. The molecule has 0 unspecified atom stereocenters. The van der Waals surface area contributed by atoms with Crippen LogP contribution in [0.5, 0.6) is 0 Å². The Morgan fingerprint density at radius 2 is 1.44 bits per heavy atom. The summed E-state index contributed by atoms with van der Waals surface area (Å²) in [5.41, 5.74) is 2.43. The molecule has 1 saturated carbocycles. The molecule has 2 fully saturated rings. The first-order valence-electron chi connectivity index (χ1n) is 17.6. The van der Waals surface area contributed by atoms with Crippen LogP contribution in [0.4, 0.5) is 5.69 Å². The second kappa shape index (κ2) is 17.1. The van der Waals surface area contributed by atoms with Crippen LogP contribution in [0.25, 0.3) is 0 Å². The Morgan fingerprint density at radius 3 is 2.06 bits per heavy atom. The third kappa shape index (κ3) is 10.1. The van der Waals surface area contributed by atoms with Gasteiger partial charge in [-0.3, -0.25) is 18.7 Å². The van der Waals surface area contributed by atoms with Crippen molar-refractivity contribution < 1.29 is 22.8 Å². The highest BCUT2D eigenvalue weighted by atomic mass is 32.2. The van der Waals surface area contributed by atoms with E-state index in [9.17, 15) is 22.8 Å². The number of piperidine rings is 1. The number of hydrogen-bond donors (Lipinski definition) is 4. The standard InChI is InChI=1S/C38H50N6O5S/c1-27(31-15-9-5-10-16-31)41-37(46)32-22-33(24-35(23-32)43(3)50(48,49)44-19-11-6-12-20-44)38(47)42-34(21-29-13-7-4-8-14-29)26-39-28(2)36(45)40-25-30-17-18-30/h4-5,7-10,13-16,22-24,27-28,30,34,39H,6,11-12,17-21,25-26H2,1-3H3,(H,40,45)(H,41,46)(H,42,47)/t27-,28+,34+/m1/s1. The van der Waals surface area contributed by atoms with Crippen molar-refractivity contribution in [2.75, 3.05) is 37.5 Å². The highest BCUT2D eigenvalue weighted by molar-refractivity contribution is 7.90. The first-order valence-corrected chi connectivity index (χ1v) is 19.0. The minimum Gasteiger partial charge on any atom is -0.354 e. The third-order valence-corrected chi connectivity index (χ3v) is 11.3. The van der Waals surface area contributed by atoms with Crippen LogP contribution in [0.15, 0.2) is 78.9 Å². The zero-order chi connectivity index (χ0) is 35.7. The summed E-state index contributed by atoms with van der Waals surface area (Å²) < 4.78 is 30.0. The predicted octanol–water partition coefficient (Wildman–Crippen LogP) is 4.19. The number of carbonyl (C=O) groups is 3. The molecule has 3 aromatic carbocycles. The van der Waals surface area contributed by atoms with Crippen LogP contribution in [0.3, 0.4) is 0 Å². The number of carbonyl (C=O) groups excluding carboxylic acids is 3. The lowest BCUT2D eigenvalue weighted by Gasteiger charge is -2.31. The molecular formula is C38H50N6O5S.